The summed E-state index contributed by atoms with van der Waals surface area (Å²) < 4.78 is 0. The van der Waals surface area contributed by atoms with Crippen LogP contribution in [0.2, 0.25) is 0 Å². The highest BCUT2D eigenvalue weighted by molar-refractivity contribution is 6.36. The quantitative estimate of drug-likeness (QED) is 0.584. The minimum absolute atomic E-state index is 0.158. The molecule has 0 unspecified atom stereocenters. The first-order valence-corrected chi connectivity index (χ1v) is 8.05. The number of nitrogens with two attached hydrogens (primary N) is 2. The Morgan fingerprint density at radius 2 is 1.92 bits per heavy atom. The number of aliphatic imine (C=N–C) groups is 2. The molecule has 132 valence electrons. The lowest BCUT2D eigenvalue weighted by molar-refractivity contribution is -0.147. The summed E-state index contributed by atoms with van der Waals surface area (Å²) in [6.45, 7) is 0. The van der Waals surface area contributed by atoms with Crippen LogP contribution in [0.4, 0.5) is 11.4 Å². The molecular formula is C16H20N6O3. The Morgan fingerprint density at radius 1 is 1.20 bits per heavy atom. The molecule has 0 aromatic heterocycles. The van der Waals surface area contributed by atoms with E-state index < -0.39 is 17.5 Å². The van der Waals surface area contributed by atoms with Gasteiger partial charge in [0.2, 0.25) is 11.9 Å². The van der Waals surface area contributed by atoms with Gasteiger partial charge in [-0.15, -0.1) is 0 Å². The summed E-state index contributed by atoms with van der Waals surface area (Å²) in [6.07, 6.45) is 4.69. The lowest BCUT2D eigenvalue weighted by Gasteiger charge is -2.45. The molecule has 0 radical (unpaired) electrons. The Balaban J connectivity index is 1.97. The number of carboxylic acids is 1. The van der Waals surface area contributed by atoms with E-state index in [1.165, 1.54) is 0 Å². The molecule has 1 saturated carbocycles. The molecule has 25 heavy (non-hydrogen) atoms. The maximum absolute atomic E-state index is 11.4. The van der Waals surface area contributed by atoms with Gasteiger partial charge in [-0.2, -0.15) is 4.99 Å². The number of anilines is 2. The van der Waals surface area contributed by atoms with Crippen LogP contribution in [0.3, 0.4) is 0 Å². The molecule has 0 saturated heterocycles. The van der Waals surface area contributed by atoms with Crippen LogP contribution in [0.5, 0.6) is 0 Å². The summed E-state index contributed by atoms with van der Waals surface area (Å²) >= 11 is 0. The number of benzene rings is 1. The normalized spacial score (nSPS) is 19.1. The smallest absolute Gasteiger partial charge is 0.394 e. The van der Waals surface area contributed by atoms with Crippen LogP contribution in [-0.2, 0) is 9.59 Å². The Kier molecular flexibility index (Phi) is 4.30. The van der Waals surface area contributed by atoms with Gasteiger partial charge in [0.25, 0.3) is 0 Å². The number of carbonyl (C=O) groups excluding carboxylic acids is 1. The van der Waals surface area contributed by atoms with Gasteiger partial charge in [-0.3, -0.25) is 9.69 Å². The standard InChI is InChI=1S/C16H20N6O3/c17-14-20-15(18)22(16(21-14)7-2-1-3-8-16)11-6-4-5-10(9-11)19-12(23)13(24)25/h4-6,9H,1-3,7-8H2,(H,19,23)(H,24,25)(H4,17,18,20,21). The lowest BCUT2D eigenvalue weighted by Crippen LogP contribution is -2.58. The third kappa shape index (κ3) is 3.25. The van der Waals surface area contributed by atoms with Crippen molar-refractivity contribution in [1.29, 1.82) is 0 Å². The third-order valence-electron chi connectivity index (χ3n) is 4.41. The molecule has 3 rings (SSSR count). The molecule has 1 aromatic rings. The van der Waals surface area contributed by atoms with Crippen LogP contribution in [0.1, 0.15) is 32.1 Å². The largest absolute Gasteiger partial charge is 0.474 e. The van der Waals surface area contributed by atoms with Gasteiger partial charge in [0, 0.05) is 11.4 Å². The number of amides is 1. The number of hydrogen-bond donors (Lipinski definition) is 4. The first-order valence-electron chi connectivity index (χ1n) is 8.05. The van der Waals surface area contributed by atoms with Crippen LogP contribution in [-0.4, -0.2) is 34.6 Å². The summed E-state index contributed by atoms with van der Waals surface area (Å²) in [5.41, 5.74) is 12.4. The van der Waals surface area contributed by atoms with E-state index >= 15 is 0 Å². The number of aliphatic carboxylic acids is 1. The highest BCUT2D eigenvalue weighted by Crippen LogP contribution is 2.39. The maximum Gasteiger partial charge on any atom is 0.394 e. The van der Waals surface area contributed by atoms with Gasteiger partial charge >= 0.3 is 11.9 Å². The number of nitrogens with zero attached hydrogens (tertiary/aromatic N) is 3. The average molecular weight is 344 g/mol. The van der Waals surface area contributed by atoms with E-state index in [4.69, 9.17) is 16.6 Å². The summed E-state index contributed by atoms with van der Waals surface area (Å²) in [7, 11) is 0. The number of hydrogen-bond acceptors (Lipinski definition) is 7. The minimum atomic E-state index is -1.55. The Morgan fingerprint density at radius 3 is 2.60 bits per heavy atom. The molecule has 2 aliphatic rings. The zero-order valence-electron chi connectivity index (χ0n) is 13.6. The first-order chi connectivity index (χ1) is 11.9. The summed E-state index contributed by atoms with van der Waals surface area (Å²) in [5, 5.41) is 11.1. The molecule has 6 N–H and O–H groups in total. The van der Waals surface area contributed by atoms with E-state index in [1.807, 2.05) is 11.0 Å². The Bertz CT molecular complexity index is 767. The second kappa shape index (κ2) is 6.42. The molecule has 1 aliphatic carbocycles. The summed E-state index contributed by atoms with van der Waals surface area (Å²) in [5.74, 6) is -2.26. The van der Waals surface area contributed by atoms with Crippen molar-refractivity contribution in [1.82, 2.24) is 0 Å². The lowest BCUT2D eigenvalue weighted by atomic mass is 9.87. The second-order valence-corrected chi connectivity index (χ2v) is 6.13. The molecule has 1 aliphatic heterocycles. The topological polar surface area (TPSA) is 146 Å². The zero-order chi connectivity index (χ0) is 18.0. The van der Waals surface area contributed by atoms with E-state index in [9.17, 15) is 9.59 Å². The van der Waals surface area contributed by atoms with Gasteiger partial charge in [-0.1, -0.05) is 12.5 Å². The maximum atomic E-state index is 11.4. The van der Waals surface area contributed by atoms with Crippen LogP contribution in [0.25, 0.3) is 0 Å². The minimum Gasteiger partial charge on any atom is -0.474 e. The van der Waals surface area contributed by atoms with E-state index in [1.54, 1.807) is 18.2 Å². The van der Waals surface area contributed by atoms with Crippen molar-refractivity contribution in [3.63, 3.8) is 0 Å². The SMILES string of the molecule is NC1=NC2(CCCCC2)N(c2cccc(NC(=O)C(=O)O)c2)C(N)=N1. The molecule has 9 heteroatoms. The van der Waals surface area contributed by atoms with Gasteiger partial charge in [0.15, 0.2) is 0 Å². The second-order valence-electron chi connectivity index (χ2n) is 6.13. The number of nitrogens with one attached hydrogen (secondary N) is 1. The van der Waals surface area contributed by atoms with Crippen LogP contribution < -0.4 is 21.7 Å². The predicted molar refractivity (Wildman–Crippen MR) is 94.2 cm³/mol. The fourth-order valence-electron chi connectivity index (χ4n) is 3.40. The zero-order valence-corrected chi connectivity index (χ0v) is 13.6. The fraction of sp³-hybridized carbons (Fsp3) is 0.375. The monoisotopic (exact) mass is 344 g/mol. The first kappa shape index (κ1) is 16.7. The molecule has 0 atom stereocenters. The number of guanidine groups is 2. The van der Waals surface area contributed by atoms with Crippen molar-refractivity contribution in [2.75, 3.05) is 10.2 Å². The van der Waals surface area contributed by atoms with Crippen molar-refractivity contribution >= 4 is 35.2 Å². The fourth-order valence-corrected chi connectivity index (χ4v) is 3.40. The van der Waals surface area contributed by atoms with Crippen molar-refractivity contribution < 1.29 is 14.7 Å². The average Bonchev–Trinajstić information content (AvgIpc) is 2.55. The van der Waals surface area contributed by atoms with Crippen molar-refractivity contribution in [3.8, 4) is 0 Å². The van der Waals surface area contributed by atoms with Crippen molar-refractivity contribution in [3.05, 3.63) is 24.3 Å². The van der Waals surface area contributed by atoms with Crippen molar-refractivity contribution in [2.24, 2.45) is 21.5 Å². The van der Waals surface area contributed by atoms with Gasteiger partial charge in [-0.25, -0.2) is 9.79 Å². The number of carbonyl (C=O) groups is 2. The van der Waals surface area contributed by atoms with Gasteiger partial charge < -0.3 is 21.9 Å². The molecular weight excluding hydrogens is 324 g/mol. The third-order valence-corrected chi connectivity index (χ3v) is 4.41. The van der Waals surface area contributed by atoms with Crippen LogP contribution in [0, 0.1) is 0 Å². The highest BCUT2D eigenvalue weighted by atomic mass is 16.4. The number of carboxylic acid groups (broad SMARTS) is 1. The van der Waals surface area contributed by atoms with Gasteiger partial charge in [0.1, 0.15) is 5.66 Å². The molecule has 1 spiro atoms. The van der Waals surface area contributed by atoms with Gasteiger partial charge in [-0.05, 0) is 43.9 Å². The molecule has 1 aromatic carbocycles. The van der Waals surface area contributed by atoms with Crippen molar-refractivity contribution in [2.45, 2.75) is 37.8 Å². The molecule has 0 bridgehead atoms. The van der Waals surface area contributed by atoms with E-state index in [-0.39, 0.29) is 11.9 Å². The highest BCUT2D eigenvalue weighted by Gasteiger charge is 2.42. The van der Waals surface area contributed by atoms with Crippen LogP contribution >= 0.6 is 0 Å². The summed E-state index contributed by atoms with van der Waals surface area (Å²) in [6, 6.07) is 6.77. The number of rotatable bonds is 2. The van der Waals surface area contributed by atoms with E-state index in [2.05, 4.69) is 15.3 Å². The Labute approximate surface area is 144 Å². The van der Waals surface area contributed by atoms with Crippen LogP contribution in [0.15, 0.2) is 34.3 Å². The molecule has 9 nitrogen and oxygen atoms in total. The molecule has 1 amide bonds. The van der Waals surface area contributed by atoms with E-state index in [0.29, 0.717) is 11.4 Å². The molecule has 1 fully saturated rings. The molecule has 1 heterocycles. The Hall–Kier alpha value is -3.10. The predicted octanol–water partition coefficient (Wildman–Crippen LogP) is 0.819. The van der Waals surface area contributed by atoms with E-state index in [0.717, 1.165) is 32.1 Å². The summed E-state index contributed by atoms with van der Waals surface area (Å²) in [4.78, 5) is 32.6. The van der Waals surface area contributed by atoms with Gasteiger partial charge in [0.05, 0.1) is 0 Å².